The van der Waals surface area contributed by atoms with Gasteiger partial charge >= 0.3 is 11.9 Å². The summed E-state index contributed by atoms with van der Waals surface area (Å²) < 4.78 is 50.8. The molecule has 4 aliphatic rings. The minimum atomic E-state index is -1.40. The van der Waals surface area contributed by atoms with Gasteiger partial charge in [-0.1, -0.05) is 50.9 Å². The number of benzene rings is 1. The fourth-order valence-corrected chi connectivity index (χ4v) is 13.6. The molecule has 2 aromatic rings. The Morgan fingerprint density at radius 2 is 1.62 bits per heavy atom. The molecule has 15 nitrogen and oxygen atoms in total. The van der Waals surface area contributed by atoms with Gasteiger partial charge in [-0.05, 0) is 92.4 Å². The van der Waals surface area contributed by atoms with Crippen LogP contribution >= 0.6 is 35.0 Å². The number of carbonyl (C=O) groups is 3. The molecular formula is C53H79Cl2N3O12S. The molecule has 398 valence electrons. The summed E-state index contributed by atoms with van der Waals surface area (Å²) in [6.45, 7) is 15.3. The summed E-state index contributed by atoms with van der Waals surface area (Å²) in [5.74, 6) is -3.48. The van der Waals surface area contributed by atoms with Gasteiger partial charge in [-0.15, -0.1) is 11.8 Å². The molecule has 1 aromatic carbocycles. The number of pyridine rings is 1. The van der Waals surface area contributed by atoms with Crippen molar-refractivity contribution in [1.29, 1.82) is 0 Å². The number of fused-ring (bicyclic) bond motifs is 1. The number of cyclic esters (lactones) is 1. The van der Waals surface area contributed by atoms with E-state index in [1.54, 1.807) is 47.6 Å². The molecule has 0 unspecified atom stereocenters. The SMILES string of the molecule is CC[C@H]1OC(=O)[C@H](C)[C@@H](O)[C@H](C)[C@@H](O[C@@H]2O[C@H](C)C[C@@H](OC)[C@H]2N(C)C)[C@](C)(OC)C[C@@H](C)C(=O)[C@H](C)[C@H]2[C@H](SCCN(Cc3c(Cl)cncc3Cl)c3ccc(OC)c(OC4CCCC4)c3)C(=O)O[C@@]21C. The maximum Gasteiger partial charge on any atom is 0.320 e. The number of esters is 2. The van der Waals surface area contributed by atoms with Gasteiger partial charge in [0.1, 0.15) is 17.1 Å². The second-order valence-corrected chi connectivity index (χ2v) is 23.0. The van der Waals surface area contributed by atoms with E-state index in [-0.39, 0.29) is 43.0 Å². The Kier molecular flexibility index (Phi) is 19.9. The van der Waals surface area contributed by atoms with Crippen molar-refractivity contribution < 1.29 is 57.4 Å². The minimum Gasteiger partial charge on any atom is -0.493 e. The fraction of sp³-hybridized carbons (Fsp3) is 0.736. The topological polar surface area (TPSA) is 165 Å². The molecule has 15 atom stereocenters. The van der Waals surface area contributed by atoms with Crippen LogP contribution in [0.2, 0.25) is 10.0 Å². The summed E-state index contributed by atoms with van der Waals surface area (Å²) in [4.78, 5) is 52.3. The molecule has 6 rings (SSSR count). The standard InChI is InChI=1S/C53H79Cl2N3O12S/c1-14-42-53(8)43(47(50(62)70-53)71-22-21-58(28-36-37(54)26-56-27-38(36)55)34-19-20-39(63-11)40(24-34)67-35-17-15-16-18-35)31(4)45(59)29(2)25-52(7,65-13)48(32(5)46(60)33(6)49(61)68-42)69-51-44(57(9)10)41(64-12)23-30(3)66-51/h19-20,24,26-27,29-33,35,41-44,46-48,51,60H,14-18,21-23,25,28H2,1-13H3/t29-,30-,31-,32+,33-,41-,42-,43+,44-,46+,47+,48-,51+,52-,53-/m1/s1. The molecule has 0 bridgehead atoms. The molecule has 1 aromatic heterocycles. The zero-order chi connectivity index (χ0) is 52.1. The van der Waals surface area contributed by atoms with Crippen LogP contribution in [0.15, 0.2) is 30.6 Å². The Morgan fingerprint density at radius 3 is 2.23 bits per heavy atom. The average Bonchev–Trinajstić information content (AvgIpc) is 3.95. The van der Waals surface area contributed by atoms with Gasteiger partial charge in [-0.25, -0.2) is 0 Å². The summed E-state index contributed by atoms with van der Waals surface area (Å²) in [5, 5.41) is 12.2. The van der Waals surface area contributed by atoms with E-state index in [0.717, 1.165) is 31.4 Å². The first-order chi connectivity index (χ1) is 33.6. The summed E-state index contributed by atoms with van der Waals surface area (Å²) >= 11 is 14.8. The molecule has 3 aliphatic heterocycles. The number of aliphatic hydroxyl groups is 1. The average molecular weight is 1050 g/mol. The molecule has 1 N–H and O–H groups in total. The van der Waals surface area contributed by atoms with Crippen molar-refractivity contribution in [3.05, 3.63) is 46.2 Å². The van der Waals surface area contributed by atoms with Crippen LogP contribution in [0, 0.1) is 29.6 Å². The van der Waals surface area contributed by atoms with Gasteiger partial charge in [0.2, 0.25) is 0 Å². The third kappa shape index (κ3) is 12.6. The maximum atomic E-state index is 15.2. The lowest BCUT2D eigenvalue weighted by Crippen LogP contribution is -2.61. The number of ketones is 1. The number of aliphatic hydroxyl groups excluding tert-OH is 1. The number of aromatic nitrogens is 1. The van der Waals surface area contributed by atoms with Crippen molar-refractivity contribution in [3.8, 4) is 11.5 Å². The number of methoxy groups -OCH3 is 3. The zero-order valence-corrected chi connectivity index (χ0v) is 46.3. The second kappa shape index (κ2) is 24.6. The molecular weight excluding hydrogens is 974 g/mol. The van der Waals surface area contributed by atoms with Gasteiger partial charge in [0.25, 0.3) is 0 Å². The summed E-state index contributed by atoms with van der Waals surface area (Å²) in [6.07, 6.45) is 4.12. The molecule has 0 radical (unpaired) electrons. The fourth-order valence-electron chi connectivity index (χ4n) is 11.7. The van der Waals surface area contributed by atoms with E-state index in [0.29, 0.717) is 52.4 Å². The summed E-state index contributed by atoms with van der Waals surface area (Å²) in [7, 11) is 8.72. The second-order valence-electron chi connectivity index (χ2n) is 20.9. The van der Waals surface area contributed by atoms with Crippen LogP contribution < -0.4 is 14.4 Å². The molecule has 0 spiro atoms. The normalized spacial score (nSPS) is 35.5. The number of hydrogen-bond acceptors (Lipinski definition) is 16. The van der Waals surface area contributed by atoms with Crippen LogP contribution in [0.1, 0.15) is 106 Å². The molecule has 3 saturated heterocycles. The minimum absolute atomic E-state index is 0.0864. The molecule has 4 fully saturated rings. The smallest absolute Gasteiger partial charge is 0.320 e. The Hall–Kier alpha value is -2.93. The van der Waals surface area contributed by atoms with Crippen molar-refractivity contribution in [1.82, 2.24) is 9.88 Å². The predicted octanol–water partition coefficient (Wildman–Crippen LogP) is 8.83. The highest BCUT2D eigenvalue weighted by Gasteiger charge is 2.61. The Balaban J connectivity index is 1.34. The maximum absolute atomic E-state index is 15.2. The number of hydrogen-bond donors (Lipinski definition) is 1. The number of carbonyl (C=O) groups excluding carboxylic acids is 3. The number of anilines is 1. The molecule has 0 amide bonds. The van der Waals surface area contributed by atoms with Gasteiger partial charge < -0.3 is 47.9 Å². The van der Waals surface area contributed by atoms with Gasteiger partial charge in [-0.3, -0.25) is 24.3 Å². The van der Waals surface area contributed by atoms with Gasteiger partial charge in [0.15, 0.2) is 23.4 Å². The Bertz CT molecular complexity index is 2120. The highest BCUT2D eigenvalue weighted by atomic mass is 35.5. The third-order valence-corrected chi connectivity index (χ3v) is 17.7. The monoisotopic (exact) mass is 1050 g/mol. The first-order valence-corrected chi connectivity index (χ1v) is 27.1. The number of halogens is 2. The Morgan fingerprint density at radius 1 is 0.944 bits per heavy atom. The zero-order valence-electron chi connectivity index (χ0n) is 44.0. The van der Waals surface area contributed by atoms with E-state index in [2.05, 4.69) is 9.88 Å². The van der Waals surface area contributed by atoms with Gasteiger partial charge in [0.05, 0.1) is 65.2 Å². The van der Waals surface area contributed by atoms with E-state index in [1.807, 2.05) is 78.7 Å². The van der Waals surface area contributed by atoms with Crippen LogP contribution in [0.5, 0.6) is 11.5 Å². The largest absolute Gasteiger partial charge is 0.493 e. The van der Waals surface area contributed by atoms with E-state index in [9.17, 15) is 14.7 Å². The van der Waals surface area contributed by atoms with Crippen LogP contribution in [0.3, 0.4) is 0 Å². The van der Waals surface area contributed by atoms with Crippen molar-refractivity contribution in [2.45, 2.75) is 172 Å². The number of thioether (sulfide) groups is 1. The number of rotatable bonds is 16. The number of Topliss-reactive ketones (excluding diaryl/α,β-unsaturated/α-hetero) is 1. The number of nitrogens with zero attached hydrogens (tertiary/aromatic N) is 3. The Labute approximate surface area is 435 Å². The van der Waals surface area contributed by atoms with Gasteiger partial charge in [0, 0.05) is 92.9 Å². The van der Waals surface area contributed by atoms with E-state index >= 15 is 4.79 Å². The van der Waals surface area contributed by atoms with Crippen LogP contribution in [-0.4, -0.2) is 146 Å². The van der Waals surface area contributed by atoms with Crippen LogP contribution in [0.25, 0.3) is 0 Å². The molecule has 1 aliphatic carbocycles. The summed E-state index contributed by atoms with van der Waals surface area (Å²) in [6, 6.07) is 5.48. The van der Waals surface area contributed by atoms with Crippen molar-refractivity contribution in [2.75, 3.05) is 52.6 Å². The highest BCUT2D eigenvalue weighted by Crippen LogP contribution is 2.49. The third-order valence-electron chi connectivity index (χ3n) is 15.8. The molecule has 4 heterocycles. The van der Waals surface area contributed by atoms with Gasteiger partial charge in [-0.2, -0.15) is 0 Å². The molecule has 1 saturated carbocycles. The quantitative estimate of drug-likeness (QED) is 0.158. The van der Waals surface area contributed by atoms with E-state index in [4.69, 9.17) is 61.1 Å². The molecule has 71 heavy (non-hydrogen) atoms. The lowest BCUT2D eigenvalue weighted by Gasteiger charge is -2.49. The van der Waals surface area contributed by atoms with Crippen molar-refractivity contribution >= 4 is 58.4 Å². The first-order valence-electron chi connectivity index (χ1n) is 25.3. The molecule has 18 heteroatoms. The highest BCUT2D eigenvalue weighted by molar-refractivity contribution is 8.00. The number of ether oxygens (including phenoxy) is 8. The van der Waals surface area contributed by atoms with Crippen LogP contribution in [0.4, 0.5) is 5.69 Å². The predicted molar refractivity (Wildman–Crippen MR) is 275 cm³/mol. The number of likely N-dealkylation sites (N-methyl/N-ethyl adjacent to an activating group) is 1. The first kappa shape index (κ1) is 57.4. The van der Waals surface area contributed by atoms with E-state index < -0.39 is 82.6 Å². The lowest BCUT2D eigenvalue weighted by molar-refractivity contribution is -0.296. The van der Waals surface area contributed by atoms with Crippen molar-refractivity contribution in [3.63, 3.8) is 0 Å². The van der Waals surface area contributed by atoms with Crippen molar-refractivity contribution in [2.24, 2.45) is 29.6 Å². The van der Waals surface area contributed by atoms with Crippen LogP contribution in [-0.2, 0) is 49.3 Å². The lowest BCUT2D eigenvalue weighted by atomic mass is 9.70. The summed E-state index contributed by atoms with van der Waals surface area (Å²) in [5.41, 5.74) is -1.08. The van der Waals surface area contributed by atoms with E-state index in [1.165, 1.54) is 11.8 Å².